The lowest BCUT2D eigenvalue weighted by Gasteiger charge is -2.31. The van der Waals surface area contributed by atoms with E-state index in [0.717, 1.165) is 41.0 Å². The first-order valence-electron chi connectivity index (χ1n) is 14.5. The molecule has 3 heterocycles. The van der Waals surface area contributed by atoms with Crippen molar-refractivity contribution in [1.82, 2.24) is 10.0 Å². The van der Waals surface area contributed by atoms with Crippen molar-refractivity contribution in [2.24, 2.45) is 21.4 Å². The van der Waals surface area contributed by atoms with Gasteiger partial charge in [-0.25, -0.2) is 9.91 Å². The standard InChI is InChI=1S/C32H22Cl6N6O3/c33-17-5-4-15(22(36)11-17)10-16-2-1-3-21-27(16)40-44(29(21)20-8-6-18(34)12-23(20)37)26(45)14-42-30-28(39-41-42)31(46)43(32(30)47)25-9-7-19(35)13-24(25)38/h4-13,21,28-30H,1-3,14H2/b16-10+/t21-,28+,29-,30-/m1/s1. The third kappa shape index (κ3) is 5.81. The Morgan fingerprint density at radius 2 is 1.51 bits per heavy atom. The summed E-state index contributed by atoms with van der Waals surface area (Å²) in [6.45, 7) is -0.376. The molecule has 1 saturated heterocycles. The van der Waals surface area contributed by atoms with E-state index in [2.05, 4.69) is 10.3 Å². The van der Waals surface area contributed by atoms with Gasteiger partial charge >= 0.3 is 0 Å². The molecule has 0 unspecified atom stereocenters. The van der Waals surface area contributed by atoms with Crippen LogP contribution in [0.5, 0.6) is 0 Å². The zero-order valence-corrected chi connectivity index (χ0v) is 28.6. The summed E-state index contributed by atoms with van der Waals surface area (Å²) in [7, 11) is 0. The normalized spacial score (nSPS) is 24.3. The number of carbonyl (C=O) groups is 3. The summed E-state index contributed by atoms with van der Waals surface area (Å²) in [4.78, 5) is 42.1. The SMILES string of the molecule is O=C1[C@H]2N=NN(CC(=O)N3N=C4/C(=C/c5ccc(Cl)cc5Cl)CCC[C@H]4[C@H]3c3ccc(Cl)cc3Cl)[C@H]2C(=O)N1c1ccc(Cl)cc1Cl. The number of hydrogen-bond donors (Lipinski definition) is 0. The molecule has 7 rings (SSSR count). The van der Waals surface area contributed by atoms with Crippen molar-refractivity contribution < 1.29 is 14.4 Å². The minimum absolute atomic E-state index is 0.126. The highest BCUT2D eigenvalue weighted by Gasteiger charge is 2.56. The molecule has 1 aliphatic carbocycles. The highest BCUT2D eigenvalue weighted by molar-refractivity contribution is 6.39. The molecule has 3 aromatic rings. The Morgan fingerprint density at radius 3 is 2.21 bits per heavy atom. The fourth-order valence-electron chi connectivity index (χ4n) is 6.53. The number of imide groups is 1. The van der Waals surface area contributed by atoms with Crippen LogP contribution in [0.25, 0.3) is 6.08 Å². The van der Waals surface area contributed by atoms with Crippen molar-refractivity contribution in [1.29, 1.82) is 0 Å². The number of nitrogens with zero attached hydrogens (tertiary/aromatic N) is 6. The number of allylic oxidation sites excluding steroid dienone is 1. The van der Waals surface area contributed by atoms with Gasteiger partial charge in [0.05, 0.1) is 22.5 Å². The van der Waals surface area contributed by atoms with Crippen molar-refractivity contribution in [2.45, 2.75) is 37.4 Å². The fourth-order valence-corrected chi connectivity index (χ4v) is 8.00. The van der Waals surface area contributed by atoms with E-state index >= 15 is 0 Å². The molecule has 15 heteroatoms. The number of fused-ring (bicyclic) bond motifs is 2. The Hall–Kier alpha value is -3.18. The van der Waals surface area contributed by atoms with Crippen LogP contribution in [0.4, 0.5) is 5.69 Å². The van der Waals surface area contributed by atoms with Crippen molar-refractivity contribution in [2.75, 3.05) is 11.4 Å². The van der Waals surface area contributed by atoms with Crippen LogP contribution >= 0.6 is 69.6 Å². The lowest BCUT2D eigenvalue weighted by molar-refractivity contribution is -0.136. The number of amides is 3. The Bertz CT molecular complexity index is 1950. The van der Waals surface area contributed by atoms with Crippen molar-refractivity contribution >= 4 is 105 Å². The number of benzene rings is 3. The Labute approximate surface area is 299 Å². The molecule has 0 N–H and O–H groups in total. The molecule has 4 atom stereocenters. The first kappa shape index (κ1) is 32.4. The first-order chi connectivity index (χ1) is 22.5. The number of anilines is 1. The molecule has 0 radical (unpaired) electrons. The quantitative estimate of drug-likeness (QED) is 0.244. The topological polar surface area (TPSA) is 98.0 Å². The maximum atomic E-state index is 14.2. The van der Waals surface area contributed by atoms with E-state index in [4.69, 9.17) is 74.7 Å². The summed E-state index contributed by atoms with van der Waals surface area (Å²) < 4.78 is 0. The van der Waals surface area contributed by atoms with Gasteiger partial charge in [0.1, 0.15) is 6.54 Å². The van der Waals surface area contributed by atoms with Crippen LogP contribution in [0.3, 0.4) is 0 Å². The largest absolute Gasteiger partial charge is 0.271 e. The zero-order valence-electron chi connectivity index (χ0n) is 24.1. The Balaban J connectivity index is 1.21. The van der Waals surface area contributed by atoms with Gasteiger partial charge in [0.15, 0.2) is 12.1 Å². The maximum Gasteiger partial charge on any atom is 0.264 e. The summed E-state index contributed by atoms with van der Waals surface area (Å²) in [6, 6.07) is 12.0. The molecule has 9 nitrogen and oxygen atoms in total. The third-order valence-corrected chi connectivity index (χ3v) is 10.3. The first-order valence-corrected chi connectivity index (χ1v) is 16.8. The Kier molecular flexibility index (Phi) is 8.74. The molecule has 1 saturated carbocycles. The average Bonchev–Trinajstić information content (AvgIpc) is 3.68. The summed E-state index contributed by atoms with van der Waals surface area (Å²) in [5.74, 6) is -1.86. The highest BCUT2D eigenvalue weighted by atomic mass is 35.5. The van der Waals surface area contributed by atoms with Crippen molar-refractivity contribution in [3.63, 3.8) is 0 Å². The van der Waals surface area contributed by atoms with Crippen LogP contribution in [0.15, 0.2) is 75.6 Å². The molecule has 0 aromatic heterocycles. The van der Waals surface area contributed by atoms with Gasteiger partial charge < -0.3 is 0 Å². The van der Waals surface area contributed by atoms with E-state index in [9.17, 15) is 14.4 Å². The summed E-state index contributed by atoms with van der Waals surface area (Å²) in [5.41, 5.74) is 3.30. The number of rotatable bonds is 5. The predicted octanol–water partition coefficient (Wildman–Crippen LogP) is 8.72. The zero-order chi connectivity index (χ0) is 33.1. The van der Waals surface area contributed by atoms with Crippen LogP contribution in [0.2, 0.25) is 30.1 Å². The summed E-state index contributed by atoms with van der Waals surface area (Å²) >= 11 is 37.9. The van der Waals surface area contributed by atoms with Gasteiger partial charge in [-0.05, 0) is 84.5 Å². The average molecular weight is 751 g/mol. The van der Waals surface area contributed by atoms with Gasteiger partial charge in [0.2, 0.25) is 0 Å². The number of hydrazone groups is 1. The van der Waals surface area contributed by atoms with Crippen molar-refractivity contribution in [3.8, 4) is 0 Å². The van der Waals surface area contributed by atoms with E-state index in [1.54, 1.807) is 30.3 Å². The second-order valence-corrected chi connectivity index (χ2v) is 14.0. The minimum atomic E-state index is -1.13. The van der Waals surface area contributed by atoms with Crippen LogP contribution in [0.1, 0.15) is 36.4 Å². The molecule has 4 aliphatic rings. The third-order valence-electron chi connectivity index (χ3n) is 8.64. The van der Waals surface area contributed by atoms with E-state index in [0.29, 0.717) is 30.7 Å². The molecule has 240 valence electrons. The van der Waals surface area contributed by atoms with Crippen LogP contribution in [0, 0.1) is 5.92 Å². The molecular weight excluding hydrogens is 729 g/mol. The highest BCUT2D eigenvalue weighted by Crippen LogP contribution is 2.47. The second-order valence-electron chi connectivity index (χ2n) is 11.5. The molecule has 3 aromatic carbocycles. The lowest BCUT2D eigenvalue weighted by atomic mass is 9.77. The maximum absolute atomic E-state index is 14.2. The van der Waals surface area contributed by atoms with E-state index in [1.165, 1.54) is 28.2 Å². The van der Waals surface area contributed by atoms with Crippen molar-refractivity contribution in [3.05, 3.63) is 101 Å². The van der Waals surface area contributed by atoms with Gasteiger partial charge in [-0.3, -0.25) is 19.4 Å². The minimum Gasteiger partial charge on any atom is -0.271 e. The molecular formula is C32H22Cl6N6O3. The number of hydrogen-bond acceptors (Lipinski definition) is 7. The molecule has 0 bridgehead atoms. The second kappa shape index (κ2) is 12.7. The van der Waals surface area contributed by atoms with E-state index in [1.807, 2.05) is 12.1 Å². The summed E-state index contributed by atoms with van der Waals surface area (Å²) in [6.07, 6.45) is 4.28. The van der Waals surface area contributed by atoms with Gasteiger partial charge in [-0.15, -0.1) is 0 Å². The number of halogens is 6. The lowest BCUT2D eigenvalue weighted by Crippen LogP contribution is -2.45. The van der Waals surface area contributed by atoms with Crippen LogP contribution < -0.4 is 4.90 Å². The molecule has 3 amide bonds. The molecule has 2 fully saturated rings. The Morgan fingerprint density at radius 1 is 0.830 bits per heavy atom. The summed E-state index contributed by atoms with van der Waals surface area (Å²) in [5, 5.41) is 18.0. The van der Waals surface area contributed by atoms with Gasteiger partial charge in [0.25, 0.3) is 17.7 Å². The van der Waals surface area contributed by atoms with E-state index in [-0.39, 0.29) is 23.2 Å². The monoisotopic (exact) mass is 748 g/mol. The fraction of sp³-hybridized carbons (Fsp3) is 0.250. The van der Waals surface area contributed by atoms with Gasteiger partial charge in [-0.1, -0.05) is 87.0 Å². The molecule has 0 spiro atoms. The molecule has 3 aliphatic heterocycles. The smallest absolute Gasteiger partial charge is 0.264 e. The van der Waals surface area contributed by atoms with Gasteiger partial charge in [-0.2, -0.15) is 10.2 Å². The number of carbonyl (C=O) groups excluding carboxylic acids is 3. The van der Waals surface area contributed by atoms with Gasteiger partial charge in [0, 0.05) is 31.0 Å². The predicted molar refractivity (Wildman–Crippen MR) is 183 cm³/mol. The van der Waals surface area contributed by atoms with E-state index < -0.39 is 35.8 Å². The van der Waals surface area contributed by atoms with Crippen LogP contribution in [-0.4, -0.2) is 52.1 Å². The molecule has 47 heavy (non-hydrogen) atoms. The van der Waals surface area contributed by atoms with Crippen LogP contribution in [-0.2, 0) is 14.4 Å².